The molecule has 0 atom stereocenters. The molecule has 1 aliphatic heterocycles. The number of carbonyl (C=O) groups is 1. The number of amides is 1. The zero-order valence-corrected chi connectivity index (χ0v) is 15.0. The number of nitrogens with zero attached hydrogens (tertiary/aromatic N) is 1. The Hall–Kier alpha value is -0.850. The Labute approximate surface area is 140 Å². The van der Waals surface area contributed by atoms with E-state index in [1.165, 1.54) is 6.08 Å². The second-order valence-corrected chi connectivity index (χ2v) is 8.99. The van der Waals surface area contributed by atoms with E-state index in [1.807, 2.05) is 11.8 Å². The van der Waals surface area contributed by atoms with Crippen molar-refractivity contribution >= 4 is 35.1 Å². The van der Waals surface area contributed by atoms with Gasteiger partial charge in [0.1, 0.15) is 0 Å². The minimum absolute atomic E-state index is 0.0290. The number of nitrogens with one attached hydrogen (secondary N) is 1. The molecule has 22 heavy (non-hydrogen) atoms. The van der Waals surface area contributed by atoms with E-state index >= 15 is 0 Å². The lowest BCUT2D eigenvalue weighted by Crippen LogP contribution is -2.44. The third-order valence-corrected chi connectivity index (χ3v) is 5.95. The molecule has 0 unspecified atom stereocenters. The number of rotatable bonds is 4. The van der Waals surface area contributed by atoms with Crippen LogP contribution in [0, 0.1) is 0 Å². The van der Waals surface area contributed by atoms with Gasteiger partial charge in [0.15, 0.2) is 0 Å². The highest BCUT2D eigenvalue weighted by Gasteiger charge is 2.29. The molecule has 0 radical (unpaired) electrons. The Bertz CT molecular complexity index is 541. The molecule has 6 heteroatoms. The lowest BCUT2D eigenvalue weighted by atomic mass is 9.97. The molecule has 0 saturated carbocycles. The fraction of sp³-hybridized carbons (Fsp3) is 0.625. The van der Waals surface area contributed by atoms with Crippen molar-refractivity contribution in [1.82, 2.24) is 10.3 Å². The van der Waals surface area contributed by atoms with Crippen molar-refractivity contribution in [2.45, 2.75) is 44.6 Å². The SMILES string of the molecule is CC(C)(C)c1ncc(C=CC(=O)NCC2(O)CCSCC2)s1. The van der Waals surface area contributed by atoms with Crippen molar-refractivity contribution < 1.29 is 9.90 Å². The maximum absolute atomic E-state index is 11.9. The van der Waals surface area contributed by atoms with Crippen LogP contribution >= 0.6 is 23.1 Å². The Balaban J connectivity index is 1.85. The lowest BCUT2D eigenvalue weighted by Gasteiger charge is -2.31. The van der Waals surface area contributed by atoms with Gasteiger partial charge in [0.2, 0.25) is 5.91 Å². The number of thioether (sulfide) groups is 1. The largest absolute Gasteiger partial charge is 0.388 e. The van der Waals surface area contributed by atoms with Gasteiger partial charge in [-0.2, -0.15) is 11.8 Å². The van der Waals surface area contributed by atoms with E-state index in [-0.39, 0.29) is 11.3 Å². The first-order valence-electron chi connectivity index (χ1n) is 7.51. The Morgan fingerprint density at radius 1 is 1.45 bits per heavy atom. The summed E-state index contributed by atoms with van der Waals surface area (Å²) in [5.74, 6) is 1.74. The number of thiazole rings is 1. The Morgan fingerprint density at radius 2 is 2.14 bits per heavy atom. The quantitative estimate of drug-likeness (QED) is 0.828. The van der Waals surface area contributed by atoms with E-state index in [2.05, 4.69) is 31.1 Å². The van der Waals surface area contributed by atoms with Gasteiger partial charge in [-0.1, -0.05) is 20.8 Å². The summed E-state index contributed by atoms with van der Waals surface area (Å²) in [6, 6.07) is 0. The average Bonchev–Trinajstić information content (AvgIpc) is 2.93. The third kappa shape index (κ3) is 5.11. The standard InChI is InChI=1S/C16H24N2O2S2/c1-15(2,3)14-17-10-12(22-14)4-5-13(19)18-11-16(20)6-8-21-9-7-16/h4-5,10,20H,6-9,11H2,1-3H3,(H,18,19). The minimum Gasteiger partial charge on any atom is -0.388 e. The summed E-state index contributed by atoms with van der Waals surface area (Å²) in [7, 11) is 0. The molecule has 4 nitrogen and oxygen atoms in total. The van der Waals surface area contributed by atoms with E-state index in [0.717, 1.165) is 34.2 Å². The topological polar surface area (TPSA) is 62.2 Å². The second kappa shape index (κ2) is 7.15. The van der Waals surface area contributed by atoms with Crippen molar-refractivity contribution in [3.05, 3.63) is 22.2 Å². The molecule has 2 rings (SSSR count). The number of hydrogen-bond acceptors (Lipinski definition) is 5. The summed E-state index contributed by atoms with van der Waals surface area (Å²) in [4.78, 5) is 17.2. The van der Waals surface area contributed by atoms with Crippen LogP contribution in [0.2, 0.25) is 0 Å². The number of hydrogen-bond donors (Lipinski definition) is 2. The molecule has 0 spiro atoms. The molecule has 1 aliphatic rings. The molecule has 1 aromatic rings. The van der Waals surface area contributed by atoms with Gasteiger partial charge in [-0.05, 0) is 30.4 Å². The van der Waals surface area contributed by atoms with Gasteiger partial charge in [0.05, 0.1) is 10.6 Å². The van der Waals surface area contributed by atoms with Crippen LogP contribution < -0.4 is 5.32 Å². The predicted octanol–water partition coefficient (Wildman–Crippen LogP) is 2.83. The molecule has 0 bridgehead atoms. The smallest absolute Gasteiger partial charge is 0.244 e. The maximum atomic E-state index is 11.9. The first-order chi connectivity index (χ1) is 10.3. The molecule has 1 aromatic heterocycles. The lowest BCUT2D eigenvalue weighted by molar-refractivity contribution is -0.117. The summed E-state index contributed by atoms with van der Waals surface area (Å²) in [5, 5.41) is 14.2. The van der Waals surface area contributed by atoms with E-state index in [9.17, 15) is 9.90 Å². The monoisotopic (exact) mass is 340 g/mol. The molecule has 2 heterocycles. The molecule has 1 amide bonds. The highest BCUT2D eigenvalue weighted by atomic mass is 32.2. The van der Waals surface area contributed by atoms with Gasteiger partial charge in [0, 0.05) is 29.1 Å². The highest BCUT2D eigenvalue weighted by Crippen LogP contribution is 2.27. The van der Waals surface area contributed by atoms with E-state index in [4.69, 9.17) is 0 Å². The molecule has 1 fully saturated rings. The van der Waals surface area contributed by atoms with Crippen LogP contribution in [-0.4, -0.2) is 39.6 Å². The minimum atomic E-state index is -0.737. The molecule has 0 aromatic carbocycles. The maximum Gasteiger partial charge on any atom is 0.244 e. The summed E-state index contributed by atoms with van der Waals surface area (Å²) in [6.07, 6.45) is 6.57. The van der Waals surface area contributed by atoms with Gasteiger partial charge in [-0.3, -0.25) is 4.79 Å². The number of aliphatic hydroxyl groups is 1. The van der Waals surface area contributed by atoms with Gasteiger partial charge >= 0.3 is 0 Å². The predicted molar refractivity (Wildman–Crippen MR) is 94.4 cm³/mol. The van der Waals surface area contributed by atoms with Crippen molar-refractivity contribution in [2.24, 2.45) is 0 Å². The van der Waals surface area contributed by atoms with E-state index in [1.54, 1.807) is 23.6 Å². The van der Waals surface area contributed by atoms with Crippen LogP contribution in [0.5, 0.6) is 0 Å². The van der Waals surface area contributed by atoms with E-state index in [0.29, 0.717) is 6.54 Å². The zero-order chi connectivity index (χ0) is 16.2. The van der Waals surface area contributed by atoms with Gasteiger partial charge < -0.3 is 10.4 Å². The van der Waals surface area contributed by atoms with Crippen LogP contribution in [0.25, 0.3) is 6.08 Å². The summed E-state index contributed by atoms with van der Waals surface area (Å²) >= 11 is 3.45. The van der Waals surface area contributed by atoms with Crippen LogP contribution in [0.3, 0.4) is 0 Å². The normalized spacial score (nSPS) is 18.5. The first-order valence-corrected chi connectivity index (χ1v) is 9.48. The van der Waals surface area contributed by atoms with Crippen LogP contribution in [0.4, 0.5) is 0 Å². The Morgan fingerprint density at radius 3 is 2.73 bits per heavy atom. The zero-order valence-electron chi connectivity index (χ0n) is 13.4. The van der Waals surface area contributed by atoms with Crippen molar-refractivity contribution in [3.8, 4) is 0 Å². The second-order valence-electron chi connectivity index (χ2n) is 6.71. The Kier molecular flexibility index (Phi) is 5.69. The molecule has 0 aliphatic carbocycles. The van der Waals surface area contributed by atoms with Crippen molar-refractivity contribution in [1.29, 1.82) is 0 Å². The molecular weight excluding hydrogens is 316 g/mol. The van der Waals surface area contributed by atoms with Crippen LogP contribution in [-0.2, 0) is 10.2 Å². The van der Waals surface area contributed by atoms with Gasteiger partial charge in [-0.15, -0.1) is 11.3 Å². The van der Waals surface area contributed by atoms with Crippen molar-refractivity contribution in [3.63, 3.8) is 0 Å². The highest BCUT2D eigenvalue weighted by molar-refractivity contribution is 7.99. The van der Waals surface area contributed by atoms with Crippen LogP contribution in [0.15, 0.2) is 12.3 Å². The van der Waals surface area contributed by atoms with E-state index < -0.39 is 5.60 Å². The molecular formula is C16H24N2O2S2. The van der Waals surface area contributed by atoms with Crippen LogP contribution in [0.1, 0.15) is 43.5 Å². The number of carbonyl (C=O) groups excluding carboxylic acids is 1. The average molecular weight is 341 g/mol. The summed E-state index contributed by atoms with van der Waals surface area (Å²) in [5.41, 5.74) is -0.708. The first kappa shape index (κ1) is 17.5. The van der Waals surface area contributed by atoms with Gasteiger partial charge in [0.25, 0.3) is 0 Å². The molecule has 1 saturated heterocycles. The fourth-order valence-corrected chi connectivity index (χ4v) is 4.24. The molecule has 2 N–H and O–H groups in total. The molecule has 122 valence electrons. The fourth-order valence-electron chi connectivity index (χ4n) is 2.11. The van der Waals surface area contributed by atoms with Crippen molar-refractivity contribution in [2.75, 3.05) is 18.1 Å². The number of aromatic nitrogens is 1. The van der Waals surface area contributed by atoms with Gasteiger partial charge in [-0.25, -0.2) is 4.98 Å². The third-order valence-electron chi connectivity index (χ3n) is 3.58. The summed E-state index contributed by atoms with van der Waals surface area (Å²) in [6.45, 7) is 6.69. The summed E-state index contributed by atoms with van der Waals surface area (Å²) < 4.78 is 0.